The molecule has 0 radical (unpaired) electrons. The zero-order chi connectivity index (χ0) is 13.5. The van der Waals surface area contributed by atoms with Crippen LogP contribution in [0.2, 0.25) is 0 Å². The molecule has 0 spiro atoms. The topological polar surface area (TPSA) is 71.1 Å². The smallest absolute Gasteiger partial charge is 0.346 e. The first-order valence-corrected chi connectivity index (χ1v) is 6.62. The summed E-state index contributed by atoms with van der Waals surface area (Å²) in [5, 5.41) is -0.576. The summed E-state index contributed by atoms with van der Waals surface area (Å²) in [7, 11) is -1.39. The van der Waals surface area contributed by atoms with Gasteiger partial charge in [-0.25, -0.2) is 4.89 Å². The lowest BCUT2D eigenvalue weighted by molar-refractivity contribution is -0.210. The fourth-order valence-electron chi connectivity index (χ4n) is 0.621. The summed E-state index contributed by atoms with van der Waals surface area (Å²) in [4.78, 5) is 15.9. The van der Waals surface area contributed by atoms with Gasteiger partial charge in [-0.2, -0.15) is 4.67 Å². The maximum Gasteiger partial charge on any atom is 0.346 e. The van der Waals surface area contributed by atoms with Crippen molar-refractivity contribution < 1.29 is 28.2 Å². The summed E-state index contributed by atoms with van der Waals surface area (Å²) >= 11 is 5.79. The van der Waals surface area contributed by atoms with Gasteiger partial charge in [0, 0.05) is 7.11 Å². The number of ether oxygens (including phenoxy) is 1. The van der Waals surface area contributed by atoms with Crippen LogP contribution < -0.4 is 0 Å². The van der Waals surface area contributed by atoms with Gasteiger partial charge in [0.1, 0.15) is 13.2 Å². The highest BCUT2D eigenvalue weighted by Crippen LogP contribution is 2.22. The molecule has 0 saturated heterocycles. The van der Waals surface area contributed by atoms with Crippen LogP contribution in [0.25, 0.3) is 0 Å². The van der Waals surface area contributed by atoms with Crippen LogP contribution in [0, 0.1) is 5.41 Å². The lowest BCUT2D eigenvalue weighted by Crippen LogP contribution is -2.27. The Kier molecular flexibility index (Phi) is 8.00. The summed E-state index contributed by atoms with van der Waals surface area (Å²) in [6, 6.07) is 0. The van der Waals surface area contributed by atoms with E-state index in [4.69, 9.17) is 16.3 Å². The monoisotopic (exact) mass is 288 g/mol. The highest BCUT2D eigenvalue weighted by atomic mass is 35.5. The van der Waals surface area contributed by atoms with Crippen molar-refractivity contribution in [1.82, 2.24) is 0 Å². The average molecular weight is 289 g/mol. The Bertz CT molecular complexity index is 265. The van der Waals surface area contributed by atoms with Gasteiger partial charge in [0.15, 0.2) is 0 Å². The first kappa shape index (κ1) is 16.9. The molecule has 0 bridgehead atoms. The fraction of sp³-hybridized carbons (Fsp3) is 0.889. The molecule has 0 aliphatic heterocycles. The third kappa shape index (κ3) is 8.57. The summed E-state index contributed by atoms with van der Waals surface area (Å²) in [6.45, 7) is 5.16. The lowest BCUT2D eigenvalue weighted by atomic mass is 9.97. The molecule has 0 heterocycles. The fourth-order valence-corrected chi connectivity index (χ4v) is 0.967. The van der Waals surface area contributed by atoms with Crippen molar-refractivity contribution in [2.45, 2.75) is 26.1 Å². The molecule has 0 rings (SSSR count). The normalized spacial score (nSPS) is 15.4. The van der Waals surface area contributed by atoms with E-state index in [1.807, 2.05) is 0 Å². The van der Waals surface area contributed by atoms with Crippen molar-refractivity contribution in [3.63, 3.8) is 0 Å². The molecular formula is C9H18ClO6P. The minimum atomic E-state index is -2.62. The molecule has 0 fully saturated rings. The van der Waals surface area contributed by atoms with E-state index in [0.29, 0.717) is 0 Å². The van der Waals surface area contributed by atoms with E-state index in [2.05, 4.69) is 14.1 Å². The van der Waals surface area contributed by atoms with Crippen LogP contribution >= 0.6 is 19.9 Å². The van der Waals surface area contributed by atoms with Gasteiger partial charge in [-0.1, -0.05) is 0 Å². The minimum Gasteiger partial charge on any atom is -0.464 e. The lowest BCUT2D eigenvalue weighted by Gasteiger charge is -2.17. The van der Waals surface area contributed by atoms with E-state index in [-0.39, 0.29) is 19.2 Å². The van der Waals surface area contributed by atoms with Gasteiger partial charge in [-0.15, -0.1) is 11.6 Å². The van der Waals surface area contributed by atoms with E-state index < -0.39 is 19.0 Å². The second-order valence-electron chi connectivity index (χ2n) is 4.27. The largest absolute Gasteiger partial charge is 0.464 e. The molecule has 0 aliphatic rings. The van der Waals surface area contributed by atoms with Gasteiger partial charge in [0.25, 0.3) is 0 Å². The predicted molar refractivity (Wildman–Crippen MR) is 63.1 cm³/mol. The average Bonchev–Trinajstić information content (AvgIpc) is 2.24. The molecule has 6 nitrogen and oxygen atoms in total. The SMILES string of the molecule is CO[PH](=O)OOCC(Cl)COC(=O)C(C)(C)C. The number of esters is 1. The molecule has 0 saturated carbocycles. The third-order valence-electron chi connectivity index (χ3n) is 1.55. The van der Waals surface area contributed by atoms with Gasteiger partial charge in [0.05, 0.1) is 10.8 Å². The number of hydrogen-bond donors (Lipinski definition) is 0. The van der Waals surface area contributed by atoms with E-state index in [1.54, 1.807) is 20.8 Å². The van der Waals surface area contributed by atoms with Crippen molar-refractivity contribution in [2.24, 2.45) is 5.41 Å². The Morgan fingerprint density at radius 1 is 1.35 bits per heavy atom. The zero-order valence-electron chi connectivity index (χ0n) is 10.3. The number of carbonyl (C=O) groups excluding carboxylic acids is 1. The van der Waals surface area contributed by atoms with Gasteiger partial charge >= 0.3 is 14.2 Å². The van der Waals surface area contributed by atoms with Crippen LogP contribution in [0.15, 0.2) is 0 Å². The van der Waals surface area contributed by atoms with Crippen LogP contribution in [0.3, 0.4) is 0 Å². The number of alkyl halides is 1. The Hall–Kier alpha value is -0.130. The predicted octanol–water partition coefficient (Wildman–Crippen LogP) is 2.17. The second-order valence-corrected chi connectivity index (χ2v) is 5.96. The van der Waals surface area contributed by atoms with E-state index >= 15 is 0 Å². The van der Waals surface area contributed by atoms with Crippen molar-refractivity contribution in [3.8, 4) is 0 Å². The maximum atomic E-state index is 11.4. The molecule has 0 aromatic carbocycles. The number of carbonyl (C=O) groups is 1. The van der Waals surface area contributed by atoms with Crippen molar-refractivity contribution >= 4 is 25.8 Å². The first-order chi connectivity index (χ1) is 7.77. The van der Waals surface area contributed by atoms with Gasteiger partial charge < -0.3 is 9.26 Å². The van der Waals surface area contributed by atoms with Crippen molar-refractivity contribution in [2.75, 3.05) is 20.3 Å². The Balaban J connectivity index is 3.70. The Morgan fingerprint density at radius 2 is 1.94 bits per heavy atom. The molecule has 0 aromatic heterocycles. The van der Waals surface area contributed by atoms with Crippen LogP contribution in [-0.4, -0.2) is 31.7 Å². The number of rotatable bonds is 7. The van der Waals surface area contributed by atoms with Crippen LogP contribution in [-0.2, 0) is 28.2 Å². The zero-order valence-corrected chi connectivity index (χ0v) is 12.1. The highest BCUT2D eigenvalue weighted by molar-refractivity contribution is 7.33. The van der Waals surface area contributed by atoms with Crippen LogP contribution in [0.4, 0.5) is 0 Å². The first-order valence-electron chi connectivity index (χ1n) is 4.96. The molecule has 8 heteroatoms. The molecule has 0 aromatic rings. The molecule has 102 valence electrons. The molecule has 2 atom stereocenters. The molecule has 0 amide bonds. The number of halogens is 1. The summed E-state index contributed by atoms with van der Waals surface area (Å²) in [6.07, 6.45) is 0. The van der Waals surface area contributed by atoms with E-state index in [0.717, 1.165) is 0 Å². The summed E-state index contributed by atoms with van der Waals surface area (Å²) in [5.74, 6) is -0.352. The standard InChI is InChI=1S/C9H18ClO6P/c1-9(2,3)8(11)14-5-7(10)6-15-16-17(12)13-4/h7,17H,5-6H2,1-4H3. The highest BCUT2D eigenvalue weighted by Gasteiger charge is 2.23. The second kappa shape index (κ2) is 8.06. The van der Waals surface area contributed by atoms with Crippen LogP contribution in [0.5, 0.6) is 0 Å². The van der Waals surface area contributed by atoms with Gasteiger partial charge in [-0.05, 0) is 20.8 Å². The van der Waals surface area contributed by atoms with E-state index in [9.17, 15) is 9.36 Å². The van der Waals surface area contributed by atoms with Crippen molar-refractivity contribution in [1.29, 1.82) is 0 Å². The summed E-state index contributed by atoms with van der Waals surface area (Å²) < 4.78 is 24.3. The molecular weight excluding hydrogens is 271 g/mol. The maximum absolute atomic E-state index is 11.4. The molecule has 17 heavy (non-hydrogen) atoms. The Labute approximate surface area is 106 Å². The quantitative estimate of drug-likeness (QED) is 0.235. The molecule has 0 N–H and O–H groups in total. The molecule has 0 aliphatic carbocycles. The van der Waals surface area contributed by atoms with Crippen LogP contribution in [0.1, 0.15) is 20.8 Å². The van der Waals surface area contributed by atoms with E-state index in [1.165, 1.54) is 7.11 Å². The van der Waals surface area contributed by atoms with Crippen molar-refractivity contribution in [3.05, 3.63) is 0 Å². The van der Waals surface area contributed by atoms with Gasteiger partial charge in [0.2, 0.25) is 0 Å². The molecule has 2 unspecified atom stereocenters. The Morgan fingerprint density at radius 3 is 2.41 bits per heavy atom. The number of hydrogen-bond acceptors (Lipinski definition) is 6. The third-order valence-corrected chi connectivity index (χ3v) is 2.39. The minimum absolute atomic E-state index is 0.00503. The summed E-state index contributed by atoms with van der Waals surface area (Å²) in [5.41, 5.74) is -0.574. The van der Waals surface area contributed by atoms with Gasteiger partial charge in [-0.3, -0.25) is 9.36 Å².